The van der Waals surface area contributed by atoms with Gasteiger partial charge in [0.1, 0.15) is 18.2 Å². The summed E-state index contributed by atoms with van der Waals surface area (Å²) in [7, 11) is 0. The van der Waals surface area contributed by atoms with Crippen molar-refractivity contribution in [1.82, 2.24) is 10.2 Å². The fourth-order valence-electron chi connectivity index (χ4n) is 3.31. The third kappa shape index (κ3) is 8.79. The Morgan fingerprint density at radius 3 is 2.00 bits per heavy atom. The molecule has 0 radical (unpaired) electrons. The van der Waals surface area contributed by atoms with Gasteiger partial charge in [0.15, 0.2) is 0 Å². The second-order valence-corrected chi connectivity index (χ2v) is 8.59. The van der Waals surface area contributed by atoms with E-state index >= 15 is 0 Å². The summed E-state index contributed by atoms with van der Waals surface area (Å²) in [5.74, 6) is -1.42. The van der Waals surface area contributed by atoms with E-state index in [0.717, 1.165) is 6.42 Å². The van der Waals surface area contributed by atoms with Crippen molar-refractivity contribution in [1.29, 1.82) is 0 Å². The Balaban J connectivity index is 0.000000242. The van der Waals surface area contributed by atoms with E-state index in [9.17, 15) is 14.4 Å². The highest BCUT2D eigenvalue weighted by molar-refractivity contribution is 5.87. The molecule has 1 aliphatic rings. The monoisotopic (exact) mass is 440 g/mol. The molecule has 0 bridgehead atoms. The van der Waals surface area contributed by atoms with E-state index in [-0.39, 0.29) is 6.54 Å². The number of nitrogens with one attached hydrogen (secondary N) is 1. The van der Waals surface area contributed by atoms with Gasteiger partial charge in [-0.15, -0.1) is 0 Å². The maximum Gasteiger partial charge on any atom is 0.408 e. The maximum atomic E-state index is 11.8. The lowest BCUT2D eigenvalue weighted by Gasteiger charge is -2.23. The topological polar surface area (TPSA) is 95.9 Å². The molecule has 0 aliphatic carbocycles. The fraction of sp³-hybridized carbons (Fsp3) is 0.400. The first kappa shape index (κ1) is 24.9. The van der Waals surface area contributed by atoms with Crippen molar-refractivity contribution in [3.8, 4) is 0 Å². The molecule has 1 atom stereocenters. The number of hydrogen-bond acceptors (Lipinski definition) is 4. The average Bonchev–Trinajstić information content (AvgIpc) is 3.23. The number of carboxylic acid groups (broad SMARTS) is 1. The zero-order valence-corrected chi connectivity index (χ0v) is 18.9. The molecular formula is C25H32N2O5. The molecule has 0 aromatic heterocycles. The van der Waals surface area contributed by atoms with Gasteiger partial charge in [0.25, 0.3) is 0 Å². The van der Waals surface area contributed by atoms with E-state index in [4.69, 9.17) is 9.84 Å². The third-order valence-corrected chi connectivity index (χ3v) is 4.73. The minimum atomic E-state index is -1.01. The third-order valence-electron chi connectivity index (χ3n) is 4.73. The summed E-state index contributed by atoms with van der Waals surface area (Å²) in [6.45, 7) is 5.31. The number of carboxylic acids is 1. The lowest BCUT2D eigenvalue weighted by atomic mass is 10.1. The zero-order valence-electron chi connectivity index (χ0n) is 18.9. The number of carbonyl (C=O) groups is 3. The Morgan fingerprint density at radius 1 is 1.00 bits per heavy atom. The van der Waals surface area contributed by atoms with E-state index in [0.29, 0.717) is 19.4 Å². The van der Waals surface area contributed by atoms with Crippen molar-refractivity contribution in [3.05, 3.63) is 71.8 Å². The van der Waals surface area contributed by atoms with E-state index < -0.39 is 29.6 Å². The van der Waals surface area contributed by atoms with Gasteiger partial charge in [-0.05, 0) is 51.2 Å². The summed E-state index contributed by atoms with van der Waals surface area (Å²) in [5.41, 5.74) is 2.10. The van der Waals surface area contributed by atoms with Gasteiger partial charge >= 0.3 is 12.1 Å². The van der Waals surface area contributed by atoms with Crippen LogP contribution in [0.15, 0.2) is 60.7 Å². The van der Waals surface area contributed by atoms with Crippen LogP contribution in [0.4, 0.5) is 4.79 Å². The molecule has 2 N–H and O–H groups in total. The molecule has 1 saturated heterocycles. The number of ether oxygens (including phenoxy) is 1. The summed E-state index contributed by atoms with van der Waals surface area (Å²) in [6.07, 6.45) is 1.46. The lowest BCUT2D eigenvalue weighted by molar-refractivity contribution is -0.147. The molecule has 0 saturated carbocycles. The highest BCUT2D eigenvalue weighted by atomic mass is 16.6. The second-order valence-electron chi connectivity index (χ2n) is 8.59. The van der Waals surface area contributed by atoms with Gasteiger partial charge in [-0.1, -0.05) is 60.7 Å². The molecule has 2 amide bonds. The van der Waals surface area contributed by atoms with Crippen molar-refractivity contribution in [2.45, 2.75) is 51.7 Å². The molecule has 2 aromatic carbocycles. The van der Waals surface area contributed by atoms with E-state index in [1.807, 2.05) is 0 Å². The summed E-state index contributed by atoms with van der Waals surface area (Å²) in [4.78, 5) is 35.4. The first-order valence-electron chi connectivity index (χ1n) is 10.7. The summed E-state index contributed by atoms with van der Waals surface area (Å²) < 4.78 is 4.99. The zero-order chi connectivity index (χ0) is 23.6. The molecule has 1 aliphatic heterocycles. The number of rotatable bonds is 5. The van der Waals surface area contributed by atoms with Crippen LogP contribution >= 0.6 is 0 Å². The van der Waals surface area contributed by atoms with Crippen LogP contribution in [-0.2, 0) is 20.7 Å². The first-order valence-corrected chi connectivity index (χ1v) is 10.7. The van der Waals surface area contributed by atoms with Crippen molar-refractivity contribution < 1.29 is 24.2 Å². The van der Waals surface area contributed by atoms with Crippen molar-refractivity contribution in [2.24, 2.45) is 0 Å². The molecule has 7 nitrogen and oxygen atoms in total. The molecule has 172 valence electrons. The molecule has 32 heavy (non-hydrogen) atoms. The molecule has 7 heteroatoms. The second kappa shape index (κ2) is 11.9. The van der Waals surface area contributed by atoms with Crippen LogP contribution in [0.5, 0.6) is 0 Å². The Hall–Kier alpha value is -3.35. The average molecular weight is 441 g/mol. The number of likely N-dealkylation sites (tertiary alicyclic amines) is 1. The molecule has 1 heterocycles. The summed E-state index contributed by atoms with van der Waals surface area (Å²) >= 11 is 0. The van der Waals surface area contributed by atoms with Crippen molar-refractivity contribution in [3.63, 3.8) is 0 Å². The number of aliphatic carboxylic acids is 1. The van der Waals surface area contributed by atoms with Crippen LogP contribution in [0.25, 0.3) is 0 Å². The Bertz CT molecular complexity index is 841. The van der Waals surface area contributed by atoms with Gasteiger partial charge in [0.05, 0.1) is 0 Å². The van der Waals surface area contributed by atoms with Gasteiger partial charge in [-0.25, -0.2) is 9.59 Å². The number of amides is 2. The lowest BCUT2D eigenvalue weighted by Crippen LogP contribution is -2.46. The number of benzene rings is 2. The predicted molar refractivity (Wildman–Crippen MR) is 122 cm³/mol. The van der Waals surface area contributed by atoms with E-state index in [1.54, 1.807) is 20.8 Å². The quantitative estimate of drug-likeness (QED) is 0.736. The number of nitrogens with zero attached hydrogens (tertiary/aromatic N) is 1. The van der Waals surface area contributed by atoms with Crippen molar-refractivity contribution in [2.75, 3.05) is 13.1 Å². The highest BCUT2D eigenvalue weighted by Gasteiger charge is 2.33. The van der Waals surface area contributed by atoms with Crippen LogP contribution in [0, 0.1) is 0 Å². The van der Waals surface area contributed by atoms with E-state index in [1.165, 1.54) is 16.0 Å². The molecule has 3 rings (SSSR count). The minimum Gasteiger partial charge on any atom is -0.480 e. The molecule has 0 spiro atoms. The van der Waals surface area contributed by atoms with Crippen LogP contribution in [0.1, 0.15) is 44.7 Å². The van der Waals surface area contributed by atoms with Gasteiger partial charge in [0, 0.05) is 6.54 Å². The highest BCUT2D eigenvalue weighted by Crippen LogP contribution is 2.17. The summed E-state index contributed by atoms with van der Waals surface area (Å²) in [6, 6.07) is 20.3. The fourth-order valence-corrected chi connectivity index (χ4v) is 3.31. The Kier molecular flexibility index (Phi) is 9.25. The smallest absolute Gasteiger partial charge is 0.408 e. The normalized spacial score (nSPS) is 15.3. The predicted octanol–water partition coefficient (Wildman–Crippen LogP) is 3.86. The standard InChI is InChI=1S/C13H12.C12H20N2O5/c1-3-7-12(8-4-1)11-13-9-5-2-6-10-13;1-12(2,3)19-11(18)13-7-9(15)14-6-4-5-8(14)10(16)17/h1-10H,11H2;8H,4-7H2,1-3H3,(H,13,18)(H,16,17). The molecule has 1 fully saturated rings. The number of alkyl carbamates (subject to hydrolysis) is 1. The van der Waals surface area contributed by atoms with Gasteiger partial charge < -0.3 is 20.1 Å². The Morgan fingerprint density at radius 2 is 1.53 bits per heavy atom. The maximum absolute atomic E-state index is 11.8. The van der Waals surface area contributed by atoms with Crippen LogP contribution < -0.4 is 5.32 Å². The van der Waals surface area contributed by atoms with Crippen LogP contribution in [0.2, 0.25) is 0 Å². The number of carbonyl (C=O) groups excluding carboxylic acids is 2. The molecule has 1 unspecified atom stereocenters. The largest absolute Gasteiger partial charge is 0.480 e. The first-order chi connectivity index (χ1) is 15.2. The van der Waals surface area contributed by atoms with Crippen LogP contribution in [-0.4, -0.2) is 52.7 Å². The Labute approximate surface area is 189 Å². The number of hydrogen-bond donors (Lipinski definition) is 2. The summed E-state index contributed by atoms with van der Waals surface area (Å²) in [5, 5.41) is 11.3. The van der Waals surface area contributed by atoms with Crippen LogP contribution in [0.3, 0.4) is 0 Å². The SMILES string of the molecule is CC(C)(C)OC(=O)NCC(=O)N1CCCC1C(=O)O.c1ccc(Cc2ccccc2)cc1. The molecular weight excluding hydrogens is 408 g/mol. The minimum absolute atomic E-state index is 0.251. The van der Waals surface area contributed by atoms with Crippen molar-refractivity contribution >= 4 is 18.0 Å². The van der Waals surface area contributed by atoms with Gasteiger partial charge in [-0.3, -0.25) is 4.79 Å². The van der Waals surface area contributed by atoms with Gasteiger partial charge in [-0.2, -0.15) is 0 Å². The van der Waals surface area contributed by atoms with Gasteiger partial charge in [0.2, 0.25) is 5.91 Å². The molecule has 2 aromatic rings. The van der Waals surface area contributed by atoms with E-state index in [2.05, 4.69) is 66.0 Å².